The van der Waals surface area contributed by atoms with Crippen molar-refractivity contribution >= 4 is 15.7 Å². The van der Waals surface area contributed by atoms with Crippen LogP contribution >= 0.6 is 0 Å². The van der Waals surface area contributed by atoms with Crippen LogP contribution in [0.3, 0.4) is 0 Å². The van der Waals surface area contributed by atoms with Gasteiger partial charge in [0.25, 0.3) is 0 Å². The summed E-state index contributed by atoms with van der Waals surface area (Å²) in [6.45, 7) is 2.18. The smallest absolute Gasteiger partial charge is 0.243 e. The molecule has 0 bridgehead atoms. The third-order valence-corrected chi connectivity index (χ3v) is 4.80. The van der Waals surface area contributed by atoms with Gasteiger partial charge in [-0.1, -0.05) is 6.92 Å². The van der Waals surface area contributed by atoms with E-state index in [4.69, 9.17) is 5.73 Å². The summed E-state index contributed by atoms with van der Waals surface area (Å²) in [5, 5.41) is 0. The average Bonchev–Trinajstić information content (AvgIpc) is 3.14. The molecule has 1 saturated carbocycles. The highest BCUT2D eigenvalue weighted by atomic mass is 32.2. The SMILES string of the molecule is CC(CNS(=O)(=O)c1cc(N)c(F)cc1F)C1CC1. The molecule has 4 nitrogen and oxygen atoms in total. The van der Waals surface area contributed by atoms with Crippen molar-refractivity contribution in [1.29, 1.82) is 0 Å². The number of nitrogens with two attached hydrogens (primary N) is 1. The van der Waals surface area contributed by atoms with Gasteiger partial charge in [-0.2, -0.15) is 0 Å². The van der Waals surface area contributed by atoms with Gasteiger partial charge in [-0.15, -0.1) is 0 Å². The van der Waals surface area contributed by atoms with Crippen molar-refractivity contribution in [2.24, 2.45) is 11.8 Å². The number of rotatable bonds is 5. The largest absolute Gasteiger partial charge is 0.396 e. The number of benzene rings is 1. The second kappa shape index (κ2) is 5.05. The zero-order valence-corrected chi connectivity index (χ0v) is 11.3. The first-order valence-corrected chi connectivity index (χ1v) is 7.54. The number of nitrogen functional groups attached to an aromatic ring is 1. The zero-order chi connectivity index (χ0) is 14.2. The Kier molecular flexibility index (Phi) is 3.78. The Morgan fingerprint density at radius 1 is 1.37 bits per heavy atom. The molecule has 3 N–H and O–H groups in total. The van der Waals surface area contributed by atoms with Gasteiger partial charge >= 0.3 is 0 Å². The van der Waals surface area contributed by atoms with E-state index in [1.807, 2.05) is 6.92 Å². The van der Waals surface area contributed by atoms with Crippen LogP contribution in [0.5, 0.6) is 0 Å². The predicted molar refractivity (Wildman–Crippen MR) is 67.8 cm³/mol. The highest BCUT2D eigenvalue weighted by Gasteiger charge is 2.29. The van der Waals surface area contributed by atoms with E-state index in [2.05, 4.69) is 4.72 Å². The second-order valence-corrected chi connectivity index (χ2v) is 6.71. The lowest BCUT2D eigenvalue weighted by molar-refractivity contribution is 0.488. The van der Waals surface area contributed by atoms with Crippen LogP contribution in [0.1, 0.15) is 19.8 Å². The molecule has 19 heavy (non-hydrogen) atoms. The van der Waals surface area contributed by atoms with Gasteiger partial charge in [-0.05, 0) is 30.7 Å². The van der Waals surface area contributed by atoms with Crippen molar-refractivity contribution in [3.8, 4) is 0 Å². The molecule has 1 fully saturated rings. The Bertz CT molecular complexity index is 586. The van der Waals surface area contributed by atoms with E-state index in [9.17, 15) is 17.2 Å². The molecule has 1 aromatic carbocycles. The molecular formula is C12H16F2N2O2S. The number of hydrogen-bond donors (Lipinski definition) is 2. The van der Waals surface area contributed by atoms with Gasteiger partial charge in [0.2, 0.25) is 10.0 Å². The van der Waals surface area contributed by atoms with Gasteiger partial charge in [0.15, 0.2) is 0 Å². The molecule has 0 amide bonds. The van der Waals surface area contributed by atoms with E-state index in [1.54, 1.807) is 0 Å². The van der Waals surface area contributed by atoms with Crippen molar-refractivity contribution in [1.82, 2.24) is 4.72 Å². The Morgan fingerprint density at radius 3 is 2.58 bits per heavy atom. The number of hydrogen-bond acceptors (Lipinski definition) is 3. The molecule has 1 aliphatic rings. The fraction of sp³-hybridized carbons (Fsp3) is 0.500. The summed E-state index contributed by atoms with van der Waals surface area (Å²) >= 11 is 0. The Morgan fingerprint density at radius 2 is 2.00 bits per heavy atom. The van der Waals surface area contributed by atoms with Crippen LogP contribution < -0.4 is 10.5 Å². The predicted octanol–water partition coefficient (Wildman–Crippen LogP) is 1.87. The molecule has 106 valence electrons. The van der Waals surface area contributed by atoms with E-state index in [-0.39, 0.29) is 12.5 Å². The van der Waals surface area contributed by atoms with Crippen LogP contribution in [0.15, 0.2) is 17.0 Å². The van der Waals surface area contributed by atoms with E-state index in [0.717, 1.165) is 18.9 Å². The van der Waals surface area contributed by atoms with Gasteiger partial charge in [0, 0.05) is 12.6 Å². The van der Waals surface area contributed by atoms with Gasteiger partial charge < -0.3 is 5.73 Å². The lowest BCUT2D eigenvalue weighted by Gasteiger charge is -2.13. The van der Waals surface area contributed by atoms with E-state index in [1.165, 1.54) is 0 Å². The molecule has 0 aromatic heterocycles. The molecule has 1 unspecified atom stereocenters. The quantitative estimate of drug-likeness (QED) is 0.813. The van der Waals surface area contributed by atoms with Crippen LogP contribution in [-0.2, 0) is 10.0 Å². The molecule has 7 heteroatoms. The zero-order valence-electron chi connectivity index (χ0n) is 10.5. The summed E-state index contributed by atoms with van der Waals surface area (Å²) < 4.78 is 52.7. The molecule has 1 aromatic rings. The van der Waals surface area contributed by atoms with Crippen LogP contribution in [-0.4, -0.2) is 15.0 Å². The molecule has 1 atom stereocenters. The van der Waals surface area contributed by atoms with Crippen molar-refractivity contribution in [2.75, 3.05) is 12.3 Å². The van der Waals surface area contributed by atoms with Crippen LogP contribution in [0.2, 0.25) is 0 Å². The number of anilines is 1. The first-order chi connectivity index (χ1) is 8.81. The maximum absolute atomic E-state index is 13.5. The highest BCUT2D eigenvalue weighted by molar-refractivity contribution is 7.89. The molecular weight excluding hydrogens is 274 g/mol. The number of halogens is 2. The summed E-state index contributed by atoms with van der Waals surface area (Å²) in [6.07, 6.45) is 2.20. The van der Waals surface area contributed by atoms with E-state index in [0.29, 0.717) is 12.0 Å². The molecule has 0 heterocycles. The lowest BCUT2D eigenvalue weighted by atomic mass is 10.1. The summed E-state index contributed by atoms with van der Waals surface area (Å²) in [4.78, 5) is -0.616. The van der Waals surface area contributed by atoms with Crippen LogP contribution in [0.25, 0.3) is 0 Å². The number of nitrogens with one attached hydrogen (secondary N) is 1. The fourth-order valence-corrected chi connectivity index (χ4v) is 3.14. The van der Waals surface area contributed by atoms with Crippen molar-refractivity contribution in [3.63, 3.8) is 0 Å². The van der Waals surface area contributed by atoms with Crippen molar-refractivity contribution in [2.45, 2.75) is 24.7 Å². The molecule has 1 aliphatic carbocycles. The maximum atomic E-state index is 13.5. The molecule has 0 radical (unpaired) electrons. The van der Waals surface area contributed by atoms with Crippen LogP contribution in [0.4, 0.5) is 14.5 Å². The summed E-state index contributed by atoms with van der Waals surface area (Å²) in [7, 11) is -4.00. The van der Waals surface area contributed by atoms with E-state index >= 15 is 0 Å². The lowest BCUT2D eigenvalue weighted by Crippen LogP contribution is -2.30. The van der Waals surface area contributed by atoms with Gasteiger partial charge in [-0.25, -0.2) is 21.9 Å². The monoisotopic (exact) mass is 290 g/mol. The number of sulfonamides is 1. The summed E-state index contributed by atoms with van der Waals surface area (Å²) in [5.74, 6) is -1.37. The minimum Gasteiger partial charge on any atom is -0.396 e. The molecule has 0 saturated heterocycles. The molecule has 0 aliphatic heterocycles. The minimum absolute atomic E-state index is 0.204. The van der Waals surface area contributed by atoms with Crippen LogP contribution in [0, 0.1) is 23.5 Å². The second-order valence-electron chi connectivity index (χ2n) is 4.97. The van der Waals surface area contributed by atoms with Crippen molar-refractivity contribution < 1.29 is 17.2 Å². The standard InChI is InChI=1S/C12H16F2N2O2S/c1-7(8-2-3-8)6-16-19(17,18)12-5-11(15)9(13)4-10(12)14/h4-5,7-8,16H,2-3,6,15H2,1H3. The Hall–Kier alpha value is -1.21. The summed E-state index contributed by atoms with van der Waals surface area (Å²) in [5.41, 5.74) is 4.87. The maximum Gasteiger partial charge on any atom is 0.243 e. The first-order valence-electron chi connectivity index (χ1n) is 6.05. The third-order valence-electron chi connectivity index (χ3n) is 3.36. The Balaban J connectivity index is 2.16. The molecule has 0 spiro atoms. The van der Waals surface area contributed by atoms with E-state index < -0.39 is 32.2 Å². The van der Waals surface area contributed by atoms with Gasteiger partial charge in [0.1, 0.15) is 16.5 Å². The average molecular weight is 290 g/mol. The minimum atomic E-state index is -4.00. The Labute approximate surface area is 111 Å². The topological polar surface area (TPSA) is 72.2 Å². The third kappa shape index (κ3) is 3.22. The van der Waals surface area contributed by atoms with Gasteiger partial charge in [-0.3, -0.25) is 0 Å². The highest BCUT2D eigenvalue weighted by Crippen LogP contribution is 2.36. The first kappa shape index (κ1) is 14.2. The molecule has 2 rings (SSSR count). The van der Waals surface area contributed by atoms with Gasteiger partial charge in [0.05, 0.1) is 5.69 Å². The summed E-state index contributed by atoms with van der Waals surface area (Å²) in [6, 6.07) is 1.28. The fourth-order valence-electron chi connectivity index (χ4n) is 1.90. The van der Waals surface area contributed by atoms with Crippen molar-refractivity contribution in [3.05, 3.63) is 23.8 Å². The normalized spacial score (nSPS) is 17.4.